The number of piperidine rings is 1. The van der Waals surface area contributed by atoms with Crippen molar-refractivity contribution < 1.29 is 4.74 Å². The van der Waals surface area contributed by atoms with Crippen LogP contribution in [-0.2, 0) is 13.1 Å². The Morgan fingerprint density at radius 2 is 1.81 bits per heavy atom. The summed E-state index contributed by atoms with van der Waals surface area (Å²) in [5.41, 5.74) is 1.39. The van der Waals surface area contributed by atoms with Gasteiger partial charge < -0.3 is 14.2 Å². The minimum atomic E-state index is 0.666. The Hall–Kier alpha value is -1.85. The van der Waals surface area contributed by atoms with E-state index >= 15 is 0 Å². The molecule has 27 heavy (non-hydrogen) atoms. The van der Waals surface area contributed by atoms with E-state index in [9.17, 15) is 0 Å². The van der Waals surface area contributed by atoms with Crippen LogP contribution in [0.2, 0.25) is 0 Å². The molecule has 1 aromatic carbocycles. The summed E-state index contributed by atoms with van der Waals surface area (Å²) >= 11 is 0. The molecule has 1 unspecified atom stereocenters. The molecule has 1 aromatic heterocycles. The molecule has 3 heterocycles. The van der Waals surface area contributed by atoms with Crippen LogP contribution in [0.25, 0.3) is 0 Å². The van der Waals surface area contributed by atoms with E-state index in [-0.39, 0.29) is 0 Å². The lowest BCUT2D eigenvalue weighted by molar-refractivity contribution is 0.106. The van der Waals surface area contributed by atoms with Gasteiger partial charge in [-0.2, -0.15) is 0 Å². The largest absolute Gasteiger partial charge is 0.492 e. The van der Waals surface area contributed by atoms with Crippen LogP contribution >= 0.6 is 0 Å². The summed E-state index contributed by atoms with van der Waals surface area (Å²) in [6, 6.07) is 9.41. The molecule has 0 aliphatic carbocycles. The first kappa shape index (κ1) is 18.5. The van der Waals surface area contributed by atoms with E-state index in [4.69, 9.17) is 4.74 Å². The highest BCUT2D eigenvalue weighted by molar-refractivity contribution is 5.27. The molecular formula is C22H32N4O. The minimum Gasteiger partial charge on any atom is -0.492 e. The first-order valence-corrected chi connectivity index (χ1v) is 10.5. The van der Waals surface area contributed by atoms with E-state index in [1.165, 1.54) is 63.8 Å². The van der Waals surface area contributed by atoms with Gasteiger partial charge in [-0.1, -0.05) is 18.6 Å². The molecule has 2 fully saturated rings. The lowest BCUT2D eigenvalue weighted by Crippen LogP contribution is -2.45. The van der Waals surface area contributed by atoms with Crippen LogP contribution in [0.3, 0.4) is 0 Å². The SMILES string of the molecule is c1cn(CCOc2ccc(CN3CCCCC3CN3CCCC3)cc2)cn1. The number of likely N-dealkylation sites (tertiary alicyclic amines) is 2. The van der Waals surface area contributed by atoms with Crippen molar-refractivity contribution in [1.82, 2.24) is 19.4 Å². The normalized spacial score (nSPS) is 21.6. The van der Waals surface area contributed by atoms with Crippen LogP contribution in [0.5, 0.6) is 5.75 Å². The lowest BCUT2D eigenvalue weighted by Gasteiger charge is -2.38. The Kier molecular flexibility index (Phi) is 6.43. The van der Waals surface area contributed by atoms with Gasteiger partial charge in [-0.25, -0.2) is 4.98 Å². The zero-order chi connectivity index (χ0) is 18.3. The van der Waals surface area contributed by atoms with Crippen LogP contribution in [0, 0.1) is 0 Å². The maximum atomic E-state index is 5.87. The number of imidazole rings is 1. The first-order chi connectivity index (χ1) is 13.4. The summed E-state index contributed by atoms with van der Waals surface area (Å²) in [6.45, 7) is 7.66. The number of aromatic nitrogens is 2. The molecule has 0 amide bonds. The van der Waals surface area contributed by atoms with Crippen LogP contribution in [0.4, 0.5) is 0 Å². The minimum absolute atomic E-state index is 0.666. The van der Waals surface area contributed by atoms with E-state index in [2.05, 4.69) is 39.0 Å². The predicted octanol–water partition coefficient (Wildman–Crippen LogP) is 3.41. The van der Waals surface area contributed by atoms with Gasteiger partial charge in [0.15, 0.2) is 0 Å². The van der Waals surface area contributed by atoms with E-state index in [0.29, 0.717) is 6.61 Å². The zero-order valence-corrected chi connectivity index (χ0v) is 16.3. The van der Waals surface area contributed by atoms with Gasteiger partial charge in [-0.15, -0.1) is 0 Å². The van der Waals surface area contributed by atoms with Crippen molar-refractivity contribution in [2.75, 3.05) is 32.8 Å². The second kappa shape index (κ2) is 9.38. The van der Waals surface area contributed by atoms with E-state index < -0.39 is 0 Å². The summed E-state index contributed by atoms with van der Waals surface area (Å²) in [7, 11) is 0. The van der Waals surface area contributed by atoms with Crippen molar-refractivity contribution in [3.8, 4) is 5.75 Å². The number of benzene rings is 1. The van der Waals surface area contributed by atoms with Crippen LogP contribution < -0.4 is 4.74 Å². The molecule has 4 rings (SSSR count). The highest BCUT2D eigenvalue weighted by atomic mass is 16.5. The fourth-order valence-electron chi connectivity index (χ4n) is 4.35. The molecule has 5 nitrogen and oxygen atoms in total. The highest BCUT2D eigenvalue weighted by Gasteiger charge is 2.25. The first-order valence-electron chi connectivity index (χ1n) is 10.5. The quantitative estimate of drug-likeness (QED) is 0.715. The molecule has 0 N–H and O–H groups in total. The number of nitrogens with zero attached hydrogens (tertiary/aromatic N) is 4. The van der Waals surface area contributed by atoms with Crippen molar-refractivity contribution in [2.24, 2.45) is 0 Å². The highest BCUT2D eigenvalue weighted by Crippen LogP contribution is 2.23. The molecular weight excluding hydrogens is 336 g/mol. The summed E-state index contributed by atoms with van der Waals surface area (Å²) in [6.07, 6.45) is 12.4. The van der Waals surface area contributed by atoms with E-state index in [1.807, 2.05) is 17.1 Å². The van der Waals surface area contributed by atoms with Gasteiger partial charge in [0.25, 0.3) is 0 Å². The van der Waals surface area contributed by atoms with Gasteiger partial charge in [-0.3, -0.25) is 4.90 Å². The Morgan fingerprint density at radius 3 is 2.59 bits per heavy atom. The van der Waals surface area contributed by atoms with E-state index in [1.54, 1.807) is 6.20 Å². The standard InChI is InChI=1S/C22H32N4O/c1-2-13-26(21(5-1)18-24-11-3-4-12-24)17-20-6-8-22(9-7-20)27-16-15-25-14-10-23-19-25/h6-10,14,19,21H,1-5,11-13,15-18H2. The van der Waals surface area contributed by atoms with Crippen LogP contribution in [0.1, 0.15) is 37.7 Å². The topological polar surface area (TPSA) is 33.5 Å². The third-order valence-electron chi connectivity index (χ3n) is 5.90. The zero-order valence-electron chi connectivity index (χ0n) is 16.3. The molecule has 5 heteroatoms. The van der Waals surface area contributed by atoms with Crippen molar-refractivity contribution in [2.45, 2.75) is 51.2 Å². The summed E-state index contributed by atoms with van der Waals surface area (Å²) in [5, 5.41) is 0. The summed E-state index contributed by atoms with van der Waals surface area (Å²) in [5.74, 6) is 0.950. The molecule has 0 radical (unpaired) electrons. The Bertz CT molecular complexity index is 664. The molecule has 146 valence electrons. The molecule has 2 saturated heterocycles. The maximum Gasteiger partial charge on any atom is 0.119 e. The molecule has 2 aliphatic heterocycles. The van der Waals surface area contributed by atoms with Gasteiger partial charge in [0.1, 0.15) is 12.4 Å². The molecule has 0 saturated carbocycles. The second-order valence-electron chi connectivity index (χ2n) is 7.92. The number of ether oxygens (including phenoxy) is 1. The third-order valence-corrected chi connectivity index (χ3v) is 5.90. The fourth-order valence-corrected chi connectivity index (χ4v) is 4.35. The molecule has 1 atom stereocenters. The fraction of sp³-hybridized carbons (Fsp3) is 0.591. The Labute approximate surface area is 162 Å². The number of hydrogen-bond donors (Lipinski definition) is 0. The Balaban J connectivity index is 1.27. The van der Waals surface area contributed by atoms with Gasteiger partial charge in [-0.05, 0) is 63.0 Å². The van der Waals surface area contributed by atoms with Crippen LogP contribution in [0.15, 0.2) is 43.0 Å². The summed E-state index contributed by atoms with van der Waals surface area (Å²) in [4.78, 5) is 9.42. The monoisotopic (exact) mass is 368 g/mol. The molecule has 0 bridgehead atoms. The van der Waals surface area contributed by atoms with Gasteiger partial charge in [0.05, 0.1) is 12.9 Å². The van der Waals surface area contributed by atoms with Crippen molar-refractivity contribution in [3.63, 3.8) is 0 Å². The summed E-state index contributed by atoms with van der Waals surface area (Å²) < 4.78 is 7.90. The van der Waals surface area contributed by atoms with Crippen molar-refractivity contribution >= 4 is 0 Å². The van der Waals surface area contributed by atoms with E-state index in [0.717, 1.165) is 24.9 Å². The smallest absolute Gasteiger partial charge is 0.119 e. The third kappa shape index (κ3) is 5.33. The second-order valence-corrected chi connectivity index (χ2v) is 7.92. The van der Waals surface area contributed by atoms with Gasteiger partial charge in [0.2, 0.25) is 0 Å². The maximum absolute atomic E-state index is 5.87. The van der Waals surface area contributed by atoms with Crippen molar-refractivity contribution in [1.29, 1.82) is 0 Å². The van der Waals surface area contributed by atoms with Gasteiger partial charge >= 0.3 is 0 Å². The van der Waals surface area contributed by atoms with Crippen molar-refractivity contribution in [3.05, 3.63) is 48.5 Å². The predicted molar refractivity (Wildman–Crippen MR) is 108 cm³/mol. The number of rotatable bonds is 8. The number of hydrogen-bond acceptors (Lipinski definition) is 4. The van der Waals surface area contributed by atoms with Gasteiger partial charge in [0, 0.05) is 31.5 Å². The molecule has 2 aliphatic rings. The Morgan fingerprint density at radius 1 is 1.00 bits per heavy atom. The van der Waals surface area contributed by atoms with Crippen LogP contribution in [-0.4, -0.2) is 58.2 Å². The average molecular weight is 369 g/mol. The molecule has 2 aromatic rings. The molecule has 0 spiro atoms. The lowest BCUT2D eigenvalue weighted by atomic mass is 10.0. The average Bonchev–Trinajstić information content (AvgIpc) is 3.39.